The maximum Gasteiger partial charge on any atom is 0.326 e. The zero-order valence-electron chi connectivity index (χ0n) is 18.5. The van der Waals surface area contributed by atoms with Crippen LogP contribution in [0, 0.1) is 22.9 Å². The lowest BCUT2D eigenvalue weighted by atomic mass is 10.2. The summed E-state index contributed by atoms with van der Waals surface area (Å²) < 4.78 is 13.4. The summed E-state index contributed by atoms with van der Waals surface area (Å²) in [4.78, 5) is 36.7. The summed E-state index contributed by atoms with van der Waals surface area (Å²) in [6.07, 6.45) is 0.423. The largest absolute Gasteiger partial charge is 0.338 e. The van der Waals surface area contributed by atoms with Gasteiger partial charge in [0.2, 0.25) is 0 Å². The van der Waals surface area contributed by atoms with E-state index in [4.69, 9.17) is 0 Å². The minimum atomic E-state index is -0.529. The predicted octanol–water partition coefficient (Wildman–Crippen LogP) is 5.29. The molecule has 4 amide bonds. The number of rotatable bonds is 8. The zero-order valence-corrected chi connectivity index (χ0v) is 18.5. The van der Waals surface area contributed by atoms with Crippen LogP contribution in [0.1, 0.15) is 12.0 Å². The van der Waals surface area contributed by atoms with Crippen molar-refractivity contribution in [2.24, 2.45) is 0 Å². The minimum Gasteiger partial charge on any atom is -0.338 e. The predicted molar refractivity (Wildman–Crippen MR) is 129 cm³/mol. The minimum absolute atomic E-state index is 0.0941. The number of hydrogen-bond acceptors (Lipinski definition) is 4. The number of urea groups is 2. The number of non-ortho nitro benzene ring substituents is 1. The Morgan fingerprint density at radius 3 is 2.32 bits per heavy atom. The second-order valence-electron chi connectivity index (χ2n) is 7.47. The molecule has 34 heavy (non-hydrogen) atoms. The first-order chi connectivity index (χ1) is 16.3. The first-order valence-electron chi connectivity index (χ1n) is 10.5. The fourth-order valence-electron chi connectivity index (χ4n) is 3.16. The lowest BCUT2D eigenvalue weighted by Crippen LogP contribution is -2.38. The van der Waals surface area contributed by atoms with E-state index in [0.29, 0.717) is 30.0 Å². The maximum absolute atomic E-state index is 13.4. The van der Waals surface area contributed by atoms with Gasteiger partial charge in [-0.15, -0.1) is 0 Å². The van der Waals surface area contributed by atoms with Crippen LogP contribution >= 0.6 is 0 Å². The molecule has 0 spiro atoms. The van der Waals surface area contributed by atoms with Gasteiger partial charge >= 0.3 is 12.1 Å². The highest BCUT2D eigenvalue weighted by atomic mass is 19.1. The average molecular weight is 465 g/mol. The monoisotopic (exact) mass is 465 g/mol. The van der Waals surface area contributed by atoms with E-state index in [0.717, 1.165) is 5.56 Å². The zero-order chi connectivity index (χ0) is 24.5. The summed E-state index contributed by atoms with van der Waals surface area (Å²) >= 11 is 0. The van der Waals surface area contributed by atoms with Gasteiger partial charge in [0.05, 0.1) is 4.92 Å². The number of benzene rings is 3. The van der Waals surface area contributed by atoms with Gasteiger partial charge in [0.1, 0.15) is 5.82 Å². The molecule has 0 aliphatic heterocycles. The van der Waals surface area contributed by atoms with Gasteiger partial charge in [0, 0.05) is 42.3 Å². The first kappa shape index (κ1) is 24.2. The highest BCUT2D eigenvalue weighted by Gasteiger charge is 2.17. The number of nitrogens with zero attached hydrogens (tertiary/aromatic N) is 2. The number of amides is 4. The normalized spacial score (nSPS) is 10.3. The molecular weight excluding hydrogens is 441 g/mol. The van der Waals surface area contributed by atoms with E-state index in [9.17, 15) is 24.1 Å². The third-order valence-electron chi connectivity index (χ3n) is 4.83. The van der Waals surface area contributed by atoms with Crippen LogP contribution in [0.4, 0.5) is 36.7 Å². The number of anilines is 3. The number of carbonyl (C=O) groups excluding carboxylic acids is 2. The second-order valence-corrected chi connectivity index (χ2v) is 7.47. The van der Waals surface area contributed by atoms with E-state index in [-0.39, 0.29) is 18.3 Å². The Hall–Kier alpha value is -4.47. The van der Waals surface area contributed by atoms with Gasteiger partial charge in [-0.3, -0.25) is 15.0 Å². The Labute approximate surface area is 195 Å². The van der Waals surface area contributed by atoms with E-state index in [1.807, 2.05) is 25.1 Å². The van der Waals surface area contributed by atoms with Crippen molar-refractivity contribution in [3.63, 3.8) is 0 Å². The van der Waals surface area contributed by atoms with Crippen LogP contribution < -0.4 is 20.9 Å². The molecule has 0 saturated heterocycles. The van der Waals surface area contributed by atoms with Crippen molar-refractivity contribution in [2.75, 3.05) is 28.6 Å². The van der Waals surface area contributed by atoms with Gasteiger partial charge in [0.15, 0.2) is 0 Å². The van der Waals surface area contributed by atoms with E-state index >= 15 is 0 Å². The summed E-state index contributed by atoms with van der Waals surface area (Å²) in [5.74, 6) is -0.436. The molecule has 0 heterocycles. The van der Waals surface area contributed by atoms with Crippen LogP contribution in [0.5, 0.6) is 0 Å². The number of carbonyl (C=O) groups is 2. The van der Waals surface area contributed by atoms with E-state index in [1.165, 1.54) is 53.4 Å². The molecule has 0 bridgehead atoms. The van der Waals surface area contributed by atoms with E-state index in [1.54, 1.807) is 6.07 Å². The molecule has 0 unspecified atom stereocenters. The van der Waals surface area contributed by atoms with Crippen molar-refractivity contribution < 1.29 is 18.9 Å². The molecule has 0 saturated carbocycles. The summed E-state index contributed by atoms with van der Waals surface area (Å²) in [7, 11) is 0. The Balaban J connectivity index is 1.59. The first-order valence-corrected chi connectivity index (χ1v) is 10.5. The van der Waals surface area contributed by atoms with Crippen LogP contribution in [0.2, 0.25) is 0 Å². The molecular formula is C24H24FN5O4. The molecule has 3 N–H and O–H groups in total. The molecule has 10 heteroatoms. The van der Waals surface area contributed by atoms with Crippen LogP contribution in [-0.4, -0.2) is 30.1 Å². The smallest absolute Gasteiger partial charge is 0.326 e. The van der Waals surface area contributed by atoms with Crippen molar-refractivity contribution in [1.29, 1.82) is 0 Å². The van der Waals surface area contributed by atoms with Crippen LogP contribution in [0.15, 0.2) is 72.8 Å². The highest BCUT2D eigenvalue weighted by molar-refractivity contribution is 6.01. The molecule has 176 valence electrons. The summed E-state index contributed by atoms with van der Waals surface area (Å²) in [6, 6.07) is 17.4. The van der Waals surface area contributed by atoms with Crippen molar-refractivity contribution in [1.82, 2.24) is 5.32 Å². The molecule has 0 aromatic heterocycles. The topological polar surface area (TPSA) is 117 Å². The molecule has 3 aromatic carbocycles. The third kappa shape index (κ3) is 7.02. The van der Waals surface area contributed by atoms with Crippen molar-refractivity contribution >= 4 is 34.8 Å². The molecule has 3 rings (SSSR count). The quantitative estimate of drug-likeness (QED) is 0.238. The Bertz CT molecular complexity index is 1150. The van der Waals surface area contributed by atoms with E-state index < -0.39 is 16.8 Å². The molecule has 3 aromatic rings. The molecule has 0 fully saturated rings. The molecule has 0 radical (unpaired) electrons. The number of aryl methyl sites for hydroxylation is 1. The van der Waals surface area contributed by atoms with Gasteiger partial charge in [0.25, 0.3) is 5.69 Å². The second kappa shape index (κ2) is 11.4. The maximum atomic E-state index is 13.4. The average Bonchev–Trinajstić information content (AvgIpc) is 2.80. The standard InChI is InChI=1S/C24H24FN5O4/c1-17-4-2-5-20(16-17)27-23(31)26-14-3-15-29(21-10-6-18(25)7-11-21)24(32)28-19-8-12-22(13-9-19)30(33)34/h2,4-13,16H,3,14-15H2,1H3,(H,28,32)(H2,26,27,31). The SMILES string of the molecule is Cc1cccc(NC(=O)NCCCN(C(=O)Nc2ccc([N+](=O)[O-])cc2)c2ccc(F)cc2)c1. The Kier molecular flexibility index (Phi) is 8.11. The van der Waals surface area contributed by atoms with Crippen LogP contribution in [-0.2, 0) is 0 Å². The van der Waals surface area contributed by atoms with Gasteiger partial charge in [-0.05, 0) is 67.4 Å². The van der Waals surface area contributed by atoms with Gasteiger partial charge in [-0.2, -0.15) is 0 Å². The number of nitrogens with one attached hydrogen (secondary N) is 3. The molecule has 0 aliphatic carbocycles. The Morgan fingerprint density at radius 1 is 0.971 bits per heavy atom. The third-order valence-corrected chi connectivity index (χ3v) is 4.83. The lowest BCUT2D eigenvalue weighted by molar-refractivity contribution is -0.384. The van der Waals surface area contributed by atoms with Gasteiger partial charge in [-0.1, -0.05) is 12.1 Å². The fraction of sp³-hybridized carbons (Fsp3) is 0.167. The number of nitro groups is 1. The highest BCUT2D eigenvalue weighted by Crippen LogP contribution is 2.19. The number of hydrogen-bond donors (Lipinski definition) is 3. The Morgan fingerprint density at radius 2 is 1.68 bits per heavy atom. The molecule has 0 atom stereocenters. The van der Waals surface area contributed by atoms with Crippen molar-refractivity contribution in [2.45, 2.75) is 13.3 Å². The van der Waals surface area contributed by atoms with Gasteiger partial charge < -0.3 is 16.0 Å². The molecule has 9 nitrogen and oxygen atoms in total. The molecule has 0 aliphatic rings. The lowest BCUT2D eigenvalue weighted by Gasteiger charge is -2.23. The van der Waals surface area contributed by atoms with Crippen LogP contribution in [0.25, 0.3) is 0 Å². The van der Waals surface area contributed by atoms with Crippen molar-refractivity contribution in [3.05, 3.63) is 94.3 Å². The summed E-state index contributed by atoms with van der Waals surface area (Å²) in [5.41, 5.74) is 2.44. The van der Waals surface area contributed by atoms with Gasteiger partial charge in [-0.25, -0.2) is 14.0 Å². The fourth-order valence-corrected chi connectivity index (χ4v) is 3.16. The van der Waals surface area contributed by atoms with Crippen LogP contribution in [0.3, 0.4) is 0 Å². The summed E-state index contributed by atoms with van der Waals surface area (Å²) in [6.45, 7) is 2.45. The van der Waals surface area contributed by atoms with Crippen molar-refractivity contribution in [3.8, 4) is 0 Å². The summed E-state index contributed by atoms with van der Waals surface area (Å²) in [5, 5.41) is 19.0. The van der Waals surface area contributed by atoms with E-state index in [2.05, 4.69) is 16.0 Å². The number of nitro benzene ring substituents is 1. The number of halogens is 1.